The average molecular weight is 318 g/mol. The Hall–Kier alpha value is -3.08. The number of benzene rings is 2. The predicted molar refractivity (Wildman–Crippen MR) is 96.5 cm³/mol. The van der Waals surface area contributed by atoms with Crippen LogP contribution in [0.4, 0.5) is 5.69 Å². The number of anilines is 1. The fraction of sp³-hybridized carbons (Fsp3) is 0.158. The van der Waals surface area contributed by atoms with Crippen molar-refractivity contribution in [1.82, 2.24) is 9.97 Å². The number of nitrogens with zero attached hydrogens (tertiary/aromatic N) is 2. The summed E-state index contributed by atoms with van der Waals surface area (Å²) in [6.45, 7) is 2.38. The Labute approximate surface area is 139 Å². The summed E-state index contributed by atoms with van der Waals surface area (Å²) in [6, 6.07) is 15.7. The van der Waals surface area contributed by atoms with E-state index in [1.165, 1.54) is 0 Å². The third-order valence-electron chi connectivity index (χ3n) is 4.39. The van der Waals surface area contributed by atoms with Crippen molar-refractivity contribution in [2.75, 3.05) is 11.4 Å². The molecule has 0 unspecified atom stereocenters. The van der Waals surface area contributed by atoms with E-state index in [9.17, 15) is 5.11 Å². The SMILES string of the molecule is CCc1ccccc1N1CC(O)=C(c2nc3ccccc3[nH]2)C1=N. The minimum Gasteiger partial charge on any atom is -0.509 e. The molecule has 0 amide bonds. The van der Waals surface area contributed by atoms with E-state index in [-0.39, 0.29) is 11.6 Å². The van der Waals surface area contributed by atoms with Gasteiger partial charge in [0, 0.05) is 5.69 Å². The highest BCUT2D eigenvalue weighted by atomic mass is 16.3. The molecule has 5 nitrogen and oxygen atoms in total. The van der Waals surface area contributed by atoms with Gasteiger partial charge >= 0.3 is 0 Å². The molecule has 0 fully saturated rings. The zero-order chi connectivity index (χ0) is 16.7. The largest absolute Gasteiger partial charge is 0.509 e. The normalized spacial score (nSPS) is 14.9. The third-order valence-corrected chi connectivity index (χ3v) is 4.39. The second-order valence-corrected chi connectivity index (χ2v) is 5.84. The van der Waals surface area contributed by atoms with Gasteiger partial charge in [-0.2, -0.15) is 0 Å². The summed E-state index contributed by atoms with van der Waals surface area (Å²) in [6.07, 6.45) is 0.876. The molecule has 2 aromatic carbocycles. The number of aryl methyl sites for hydroxylation is 1. The molecule has 3 aromatic rings. The van der Waals surface area contributed by atoms with Gasteiger partial charge < -0.3 is 15.0 Å². The molecule has 0 saturated heterocycles. The molecule has 5 heteroatoms. The van der Waals surface area contributed by atoms with Gasteiger partial charge in [0.2, 0.25) is 0 Å². The molecule has 0 atom stereocenters. The van der Waals surface area contributed by atoms with Crippen LogP contribution in [0.2, 0.25) is 0 Å². The summed E-state index contributed by atoms with van der Waals surface area (Å²) >= 11 is 0. The zero-order valence-corrected chi connectivity index (χ0v) is 13.4. The Bertz CT molecular complexity index is 937. The number of aliphatic hydroxyl groups is 1. The van der Waals surface area contributed by atoms with Gasteiger partial charge in [-0.05, 0) is 30.2 Å². The number of H-pyrrole nitrogens is 1. The number of para-hydroxylation sites is 3. The molecule has 0 bridgehead atoms. The molecule has 1 aliphatic rings. The number of aromatic nitrogens is 2. The van der Waals surface area contributed by atoms with E-state index in [0.29, 0.717) is 17.9 Å². The van der Waals surface area contributed by atoms with Crippen molar-refractivity contribution in [2.45, 2.75) is 13.3 Å². The van der Waals surface area contributed by atoms with Gasteiger partial charge in [0.15, 0.2) is 0 Å². The third kappa shape index (κ3) is 2.17. The maximum Gasteiger partial charge on any atom is 0.145 e. The minimum atomic E-state index is 0.171. The molecule has 1 aliphatic heterocycles. The van der Waals surface area contributed by atoms with E-state index >= 15 is 0 Å². The number of imidazole rings is 1. The van der Waals surface area contributed by atoms with E-state index in [2.05, 4.69) is 23.0 Å². The van der Waals surface area contributed by atoms with Crippen LogP contribution in [0.15, 0.2) is 54.3 Å². The molecule has 2 heterocycles. The molecule has 24 heavy (non-hydrogen) atoms. The van der Waals surface area contributed by atoms with E-state index in [0.717, 1.165) is 28.7 Å². The van der Waals surface area contributed by atoms with Crippen LogP contribution in [-0.4, -0.2) is 27.5 Å². The average Bonchev–Trinajstić information content (AvgIpc) is 3.15. The van der Waals surface area contributed by atoms with Crippen LogP contribution in [0.25, 0.3) is 16.6 Å². The van der Waals surface area contributed by atoms with Crippen molar-refractivity contribution < 1.29 is 5.11 Å². The second-order valence-electron chi connectivity index (χ2n) is 5.84. The summed E-state index contributed by atoms with van der Waals surface area (Å²) in [5.41, 5.74) is 4.31. The first-order valence-corrected chi connectivity index (χ1v) is 8.00. The summed E-state index contributed by atoms with van der Waals surface area (Å²) < 4.78 is 0. The van der Waals surface area contributed by atoms with Gasteiger partial charge in [0.1, 0.15) is 17.4 Å². The van der Waals surface area contributed by atoms with E-state index in [4.69, 9.17) is 5.41 Å². The summed E-state index contributed by atoms with van der Waals surface area (Å²) in [5, 5.41) is 19.0. The fourth-order valence-corrected chi connectivity index (χ4v) is 3.18. The van der Waals surface area contributed by atoms with Crippen molar-refractivity contribution in [1.29, 1.82) is 5.41 Å². The van der Waals surface area contributed by atoms with Gasteiger partial charge in [0.05, 0.1) is 23.2 Å². The maximum absolute atomic E-state index is 10.5. The predicted octanol–water partition coefficient (Wildman–Crippen LogP) is 3.89. The molecular formula is C19H18N4O. The molecule has 1 aromatic heterocycles. The molecule has 0 spiro atoms. The van der Waals surface area contributed by atoms with E-state index in [1.807, 2.05) is 47.4 Å². The Morgan fingerprint density at radius 2 is 1.92 bits per heavy atom. The van der Waals surface area contributed by atoms with E-state index in [1.54, 1.807) is 0 Å². The summed E-state index contributed by atoms with van der Waals surface area (Å²) in [7, 11) is 0. The van der Waals surface area contributed by atoms with Gasteiger partial charge in [-0.1, -0.05) is 37.3 Å². The number of rotatable bonds is 3. The molecule has 3 N–H and O–H groups in total. The van der Waals surface area contributed by atoms with Crippen LogP contribution < -0.4 is 4.90 Å². The smallest absolute Gasteiger partial charge is 0.145 e. The van der Waals surface area contributed by atoms with Crippen molar-refractivity contribution in [2.24, 2.45) is 0 Å². The maximum atomic E-state index is 10.5. The molecule has 0 radical (unpaired) electrons. The Morgan fingerprint density at radius 3 is 2.71 bits per heavy atom. The van der Waals surface area contributed by atoms with Crippen LogP contribution in [0.3, 0.4) is 0 Å². The highest BCUT2D eigenvalue weighted by Gasteiger charge is 2.32. The van der Waals surface area contributed by atoms with Crippen LogP contribution >= 0.6 is 0 Å². The van der Waals surface area contributed by atoms with Crippen LogP contribution in [0, 0.1) is 5.41 Å². The Balaban J connectivity index is 1.75. The first-order chi connectivity index (χ1) is 11.7. The van der Waals surface area contributed by atoms with Crippen molar-refractivity contribution in [3.63, 3.8) is 0 Å². The van der Waals surface area contributed by atoms with Gasteiger partial charge in [-0.3, -0.25) is 5.41 Å². The monoisotopic (exact) mass is 318 g/mol. The number of aromatic amines is 1. The summed E-state index contributed by atoms with van der Waals surface area (Å²) in [4.78, 5) is 9.56. The lowest BCUT2D eigenvalue weighted by atomic mass is 10.1. The number of aliphatic hydroxyl groups excluding tert-OH is 1. The standard InChI is InChI=1S/C19H18N4O/c1-2-12-7-3-6-10-15(12)23-11-16(24)17(18(23)20)19-21-13-8-4-5-9-14(13)22-19/h3-10,20,24H,2,11H2,1H3,(H,21,22). The van der Waals surface area contributed by atoms with Crippen LogP contribution in [0.1, 0.15) is 18.3 Å². The zero-order valence-electron chi connectivity index (χ0n) is 13.4. The Kier molecular flexibility index (Phi) is 3.34. The van der Waals surface area contributed by atoms with E-state index < -0.39 is 0 Å². The molecule has 0 saturated carbocycles. The summed E-state index contributed by atoms with van der Waals surface area (Å²) in [5.74, 6) is 0.979. The number of hydrogen-bond donors (Lipinski definition) is 3. The second kappa shape index (κ2) is 5.53. The van der Waals surface area contributed by atoms with Crippen molar-refractivity contribution in [3.8, 4) is 0 Å². The molecule has 120 valence electrons. The quantitative estimate of drug-likeness (QED) is 0.685. The lowest BCUT2D eigenvalue weighted by Gasteiger charge is -2.21. The van der Waals surface area contributed by atoms with Crippen molar-refractivity contribution >= 4 is 28.1 Å². The van der Waals surface area contributed by atoms with Gasteiger partial charge in [0.25, 0.3) is 0 Å². The lowest BCUT2D eigenvalue weighted by Crippen LogP contribution is -2.27. The van der Waals surface area contributed by atoms with Crippen molar-refractivity contribution in [3.05, 3.63) is 65.7 Å². The highest BCUT2D eigenvalue weighted by molar-refractivity contribution is 6.30. The fourth-order valence-electron chi connectivity index (χ4n) is 3.18. The molecule has 4 rings (SSSR count). The van der Waals surface area contributed by atoms with Crippen LogP contribution in [0.5, 0.6) is 0 Å². The Morgan fingerprint density at radius 1 is 1.17 bits per heavy atom. The number of hydrogen-bond acceptors (Lipinski definition) is 3. The number of amidine groups is 1. The number of nitrogens with one attached hydrogen (secondary N) is 2. The first kappa shape index (κ1) is 14.5. The lowest BCUT2D eigenvalue weighted by molar-refractivity contribution is 0.411. The number of fused-ring (bicyclic) bond motifs is 1. The molecular weight excluding hydrogens is 300 g/mol. The minimum absolute atomic E-state index is 0.171. The highest BCUT2D eigenvalue weighted by Crippen LogP contribution is 2.32. The molecule has 0 aliphatic carbocycles. The first-order valence-electron chi connectivity index (χ1n) is 8.00. The van der Waals surface area contributed by atoms with Crippen LogP contribution in [-0.2, 0) is 6.42 Å². The van der Waals surface area contributed by atoms with Gasteiger partial charge in [-0.15, -0.1) is 0 Å². The topological polar surface area (TPSA) is 76.0 Å². The van der Waals surface area contributed by atoms with Gasteiger partial charge in [-0.25, -0.2) is 4.98 Å².